The van der Waals surface area contributed by atoms with Gasteiger partial charge in [-0.15, -0.1) is 0 Å². The van der Waals surface area contributed by atoms with Crippen LogP contribution in [0.1, 0.15) is 29.8 Å². The molecule has 4 heteroatoms. The average molecular weight is 213 g/mol. The van der Waals surface area contributed by atoms with E-state index in [-0.39, 0.29) is 17.9 Å². The molecule has 0 aliphatic heterocycles. The highest BCUT2D eigenvalue weighted by Gasteiger charge is 2.22. The van der Waals surface area contributed by atoms with Crippen LogP contribution in [-0.4, -0.2) is 5.78 Å². The van der Waals surface area contributed by atoms with Gasteiger partial charge in [-0.1, -0.05) is 24.3 Å². The van der Waals surface area contributed by atoms with E-state index in [1.165, 1.54) is 6.92 Å². The fourth-order valence-electron chi connectivity index (χ4n) is 1.08. The molecule has 0 aliphatic rings. The number of carbonyl (C=O) groups excluding carboxylic acids is 1. The Morgan fingerprint density at radius 3 is 2.29 bits per heavy atom. The normalized spacial score (nSPS) is 14.9. The fourth-order valence-corrected chi connectivity index (χ4v) is 1.31. The van der Waals surface area contributed by atoms with Crippen molar-refractivity contribution in [1.82, 2.24) is 0 Å². The Labute approximate surface area is 87.0 Å². The fraction of sp³-hybridized carbons (Fsp3) is 0.300. The molecule has 1 aromatic carbocycles. The minimum Gasteiger partial charge on any atom is -0.311 e. The molecule has 2 nitrogen and oxygen atoms in total. The van der Waals surface area contributed by atoms with E-state index in [2.05, 4.69) is 0 Å². The topological polar surface area (TPSA) is 43.1 Å². The molecule has 0 aliphatic carbocycles. The third-order valence-corrected chi connectivity index (χ3v) is 2.58. The smallest absolute Gasteiger partial charge is 0.159 e. The Hall–Kier alpha value is -0.870. The summed E-state index contributed by atoms with van der Waals surface area (Å²) >= 11 is 0.0873. The van der Waals surface area contributed by atoms with Gasteiger partial charge in [0.2, 0.25) is 0 Å². The monoisotopic (exact) mass is 213 g/mol. The zero-order valence-corrected chi connectivity index (χ0v) is 8.90. The van der Waals surface area contributed by atoms with Gasteiger partial charge in [0.05, 0.1) is 12.1 Å². The molecule has 0 saturated heterocycles. The number of rotatable bonds is 3. The minimum absolute atomic E-state index is 0.0109. The van der Waals surface area contributed by atoms with Crippen LogP contribution in [0.25, 0.3) is 0 Å². The zero-order valence-electron chi connectivity index (χ0n) is 8.08. The van der Waals surface area contributed by atoms with E-state index in [4.69, 9.17) is 5.73 Å². The van der Waals surface area contributed by atoms with Crippen molar-refractivity contribution in [2.24, 2.45) is 5.73 Å². The number of carbonyl (C=O) groups is 1. The molecule has 76 valence electrons. The summed E-state index contributed by atoms with van der Waals surface area (Å²) in [5.74, 6) is -0.0109. The second kappa shape index (κ2) is 4.11. The second-order valence-corrected chi connectivity index (χ2v) is 4.32. The lowest BCUT2D eigenvalue weighted by Gasteiger charge is -2.19. The highest BCUT2D eigenvalue weighted by Crippen LogP contribution is 2.31. The third-order valence-electron chi connectivity index (χ3n) is 2.02. The summed E-state index contributed by atoms with van der Waals surface area (Å²) in [4.78, 5) is 9.92. The van der Waals surface area contributed by atoms with E-state index in [1.807, 2.05) is 0 Å². The first-order valence-electron chi connectivity index (χ1n) is 4.17. The van der Waals surface area contributed by atoms with Crippen LogP contribution in [0, 0.1) is 0 Å². The molecule has 0 spiro atoms. The van der Waals surface area contributed by atoms with Gasteiger partial charge in [-0.2, -0.15) is 3.89 Å². The number of hydrogen-bond acceptors (Lipinski definition) is 3. The van der Waals surface area contributed by atoms with Gasteiger partial charge < -0.3 is 5.73 Å². The maximum atomic E-state index is 12.4. The van der Waals surface area contributed by atoms with Crippen molar-refractivity contribution in [1.29, 1.82) is 0 Å². The summed E-state index contributed by atoms with van der Waals surface area (Å²) in [5.41, 5.74) is 6.93. The molecule has 0 radical (unpaired) electrons. The average Bonchev–Trinajstić information content (AvgIpc) is 2.18. The van der Waals surface area contributed by atoms with Crippen molar-refractivity contribution in [3.8, 4) is 0 Å². The van der Waals surface area contributed by atoms with Crippen LogP contribution in [0.3, 0.4) is 0 Å². The highest BCUT2D eigenvalue weighted by atomic mass is 32.2. The van der Waals surface area contributed by atoms with Crippen molar-refractivity contribution in [3.63, 3.8) is 0 Å². The van der Waals surface area contributed by atoms with Crippen molar-refractivity contribution >= 4 is 17.9 Å². The summed E-state index contributed by atoms with van der Waals surface area (Å²) in [6, 6.07) is 6.64. The number of benzene rings is 1. The van der Waals surface area contributed by atoms with Crippen LogP contribution in [-0.2, 0) is 4.87 Å². The van der Waals surface area contributed by atoms with Crippen molar-refractivity contribution in [2.75, 3.05) is 0 Å². The largest absolute Gasteiger partial charge is 0.311 e. The zero-order chi connectivity index (χ0) is 10.8. The predicted molar refractivity (Wildman–Crippen MR) is 56.7 cm³/mol. The van der Waals surface area contributed by atoms with Gasteiger partial charge >= 0.3 is 0 Å². The lowest BCUT2D eigenvalue weighted by molar-refractivity contribution is 0.101. The van der Waals surface area contributed by atoms with Gasteiger partial charge in [-0.25, -0.2) is 0 Å². The maximum Gasteiger partial charge on any atom is 0.159 e. The predicted octanol–water partition coefficient (Wildman–Crippen LogP) is 2.64. The molecule has 1 atom stereocenters. The molecule has 0 amide bonds. The molecule has 14 heavy (non-hydrogen) atoms. The van der Waals surface area contributed by atoms with Gasteiger partial charge in [0.1, 0.15) is 4.87 Å². The lowest BCUT2D eigenvalue weighted by atomic mass is 10.0. The Morgan fingerprint density at radius 1 is 1.43 bits per heavy atom. The van der Waals surface area contributed by atoms with Gasteiger partial charge in [-0.3, -0.25) is 4.79 Å². The second-order valence-electron chi connectivity index (χ2n) is 3.32. The lowest BCUT2D eigenvalue weighted by Crippen LogP contribution is -2.27. The van der Waals surface area contributed by atoms with Gasteiger partial charge in [0, 0.05) is 5.56 Å². The standard InChI is InChI=1S/C10H12FNOS/c1-7(13)8-3-5-9(6-4-8)10(2,12)14-11/h3-6H,12H2,1-2H3. The van der Waals surface area contributed by atoms with Gasteiger partial charge in [0.15, 0.2) is 5.78 Å². The van der Waals surface area contributed by atoms with E-state index in [0.29, 0.717) is 11.1 Å². The Bertz CT molecular complexity index is 334. The first-order valence-corrected chi connectivity index (χ1v) is 4.89. The Balaban J connectivity index is 2.99. The first kappa shape index (κ1) is 11.2. The summed E-state index contributed by atoms with van der Waals surface area (Å²) in [7, 11) is 0. The molecule has 0 bridgehead atoms. The van der Waals surface area contributed by atoms with Crippen LogP contribution < -0.4 is 5.73 Å². The molecule has 0 heterocycles. The van der Waals surface area contributed by atoms with Crippen molar-refractivity contribution in [2.45, 2.75) is 18.7 Å². The van der Waals surface area contributed by atoms with Crippen LogP contribution >= 0.6 is 12.1 Å². The quantitative estimate of drug-likeness (QED) is 0.620. The van der Waals surface area contributed by atoms with Crippen molar-refractivity contribution < 1.29 is 8.68 Å². The Morgan fingerprint density at radius 2 is 1.93 bits per heavy atom. The van der Waals surface area contributed by atoms with E-state index in [9.17, 15) is 8.68 Å². The number of halogens is 1. The number of hydrogen-bond donors (Lipinski definition) is 1. The molecule has 1 rings (SSSR count). The molecule has 0 fully saturated rings. The number of Topliss-reactive ketones (excluding diaryl/α,β-unsaturated/α-hetero) is 1. The molecular formula is C10H12FNOS. The third kappa shape index (κ3) is 2.33. The molecule has 0 saturated carbocycles. The van der Waals surface area contributed by atoms with Crippen LogP contribution in [0.2, 0.25) is 0 Å². The SMILES string of the molecule is CC(=O)c1ccc(C(C)(N)SF)cc1. The molecule has 1 aromatic rings. The van der Waals surface area contributed by atoms with E-state index in [0.717, 1.165) is 0 Å². The first-order chi connectivity index (χ1) is 6.47. The number of ketones is 1. The van der Waals surface area contributed by atoms with Gasteiger partial charge in [-0.05, 0) is 19.4 Å². The minimum atomic E-state index is -1.05. The van der Waals surface area contributed by atoms with Crippen LogP contribution in [0.4, 0.5) is 3.89 Å². The summed E-state index contributed by atoms with van der Waals surface area (Å²) in [6.07, 6.45) is 0. The van der Waals surface area contributed by atoms with Crippen LogP contribution in [0.15, 0.2) is 24.3 Å². The van der Waals surface area contributed by atoms with E-state index < -0.39 is 4.87 Å². The van der Waals surface area contributed by atoms with E-state index >= 15 is 0 Å². The highest BCUT2D eigenvalue weighted by molar-refractivity contribution is 7.95. The van der Waals surface area contributed by atoms with Crippen molar-refractivity contribution in [3.05, 3.63) is 35.4 Å². The summed E-state index contributed by atoms with van der Waals surface area (Å²) in [6.45, 7) is 3.07. The molecule has 2 N–H and O–H groups in total. The summed E-state index contributed by atoms with van der Waals surface area (Å²) < 4.78 is 12.4. The molecule has 0 aromatic heterocycles. The Kier molecular flexibility index (Phi) is 3.29. The number of nitrogens with two attached hydrogens (primary N) is 1. The van der Waals surface area contributed by atoms with Crippen LogP contribution in [0.5, 0.6) is 0 Å². The maximum absolute atomic E-state index is 12.4. The summed E-state index contributed by atoms with van der Waals surface area (Å²) in [5, 5.41) is 0. The molecule has 1 unspecified atom stereocenters. The van der Waals surface area contributed by atoms with E-state index in [1.54, 1.807) is 31.2 Å². The van der Waals surface area contributed by atoms with Gasteiger partial charge in [0.25, 0.3) is 0 Å². The molecular weight excluding hydrogens is 201 g/mol.